The Labute approximate surface area is 149 Å². The van der Waals surface area contributed by atoms with Gasteiger partial charge in [0.25, 0.3) is 0 Å². The number of hydrogen-bond acceptors (Lipinski definition) is 6. The van der Waals surface area contributed by atoms with Crippen LogP contribution < -0.4 is 10.6 Å². The zero-order chi connectivity index (χ0) is 19.3. The Morgan fingerprint density at radius 3 is 2.42 bits per heavy atom. The first-order chi connectivity index (χ1) is 12.4. The molecule has 2 N–H and O–H groups in total. The van der Waals surface area contributed by atoms with Crippen LogP contribution in [-0.2, 0) is 28.7 Å². The van der Waals surface area contributed by atoms with Crippen LogP contribution in [-0.4, -0.2) is 43.0 Å². The average Bonchev–Trinajstić information content (AvgIpc) is 2.58. The Bertz CT molecular complexity index is 718. The van der Waals surface area contributed by atoms with E-state index in [1.807, 2.05) is 0 Å². The maximum Gasteiger partial charge on any atom is 0.340 e. The highest BCUT2D eigenvalue weighted by atomic mass is 19.1. The molecule has 1 aromatic carbocycles. The predicted octanol–water partition coefficient (Wildman–Crippen LogP) is 0.862. The summed E-state index contributed by atoms with van der Waals surface area (Å²) in [6.07, 6.45) is -0.206. The zero-order valence-corrected chi connectivity index (χ0v) is 14.3. The number of hydrogen-bond donors (Lipinski definition) is 2. The number of fused-ring (bicyclic) bond motifs is 1. The van der Waals surface area contributed by atoms with Crippen molar-refractivity contribution >= 4 is 29.4 Å². The molecule has 1 aliphatic heterocycles. The molecule has 0 saturated heterocycles. The highest BCUT2D eigenvalue weighted by molar-refractivity contribution is 6.06. The van der Waals surface area contributed by atoms with E-state index in [2.05, 4.69) is 10.6 Å². The molecule has 8 nitrogen and oxygen atoms in total. The Kier molecular flexibility index (Phi) is 6.26. The van der Waals surface area contributed by atoms with Gasteiger partial charge in [-0.15, -0.1) is 0 Å². The number of carbonyl (C=O) groups is 4. The monoisotopic (exact) mass is 366 g/mol. The van der Waals surface area contributed by atoms with Gasteiger partial charge in [0.05, 0.1) is 19.1 Å². The van der Waals surface area contributed by atoms with Crippen LogP contribution in [0.1, 0.15) is 31.7 Å². The molecule has 0 radical (unpaired) electrons. The van der Waals surface area contributed by atoms with Crippen molar-refractivity contribution in [2.75, 3.05) is 18.5 Å². The number of amides is 2. The quantitative estimate of drug-likeness (QED) is 0.571. The van der Waals surface area contributed by atoms with E-state index in [1.54, 1.807) is 13.8 Å². The molecule has 1 aromatic rings. The van der Waals surface area contributed by atoms with Gasteiger partial charge in [0.2, 0.25) is 17.9 Å². The van der Waals surface area contributed by atoms with Crippen LogP contribution in [0.5, 0.6) is 0 Å². The second kappa shape index (κ2) is 8.41. The van der Waals surface area contributed by atoms with E-state index < -0.39 is 41.5 Å². The summed E-state index contributed by atoms with van der Waals surface area (Å²) >= 11 is 0. The van der Waals surface area contributed by atoms with Gasteiger partial charge in [-0.25, -0.2) is 14.0 Å². The van der Waals surface area contributed by atoms with Crippen LogP contribution in [0.2, 0.25) is 0 Å². The van der Waals surface area contributed by atoms with Crippen molar-refractivity contribution in [1.29, 1.82) is 0 Å². The van der Waals surface area contributed by atoms with E-state index >= 15 is 0 Å². The zero-order valence-electron chi connectivity index (χ0n) is 14.3. The average molecular weight is 366 g/mol. The largest absolute Gasteiger partial charge is 0.464 e. The summed E-state index contributed by atoms with van der Waals surface area (Å²) in [5, 5.41) is 4.75. The summed E-state index contributed by atoms with van der Waals surface area (Å²) in [5.74, 6) is -4.68. The number of esters is 2. The molecule has 0 aliphatic carbocycles. The van der Waals surface area contributed by atoms with Gasteiger partial charge in [0.1, 0.15) is 5.82 Å². The molecule has 0 bridgehead atoms. The fourth-order valence-electron chi connectivity index (χ4n) is 2.58. The lowest BCUT2D eigenvalue weighted by Gasteiger charge is -2.26. The van der Waals surface area contributed by atoms with Gasteiger partial charge >= 0.3 is 11.9 Å². The normalized spacial score (nSPS) is 15.7. The van der Waals surface area contributed by atoms with Crippen molar-refractivity contribution < 1.29 is 33.0 Å². The minimum Gasteiger partial charge on any atom is -0.464 e. The van der Waals surface area contributed by atoms with Crippen molar-refractivity contribution in [3.63, 3.8) is 0 Å². The Morgan fingerprint density at radius 2 is 1.85 bits per heavy atom. The third-order valence-electron chi connectivity index (χ3n) is 3.70. The van der Waals surface area contributed by atoms with E-state index in [0.717, 1.165) is 12.1 Å². The van der Waals surface area contributed by atoms with Gasteiger partial charge in [0, 0.05) is 12.1 Å². The van der Waals surface area contributed by atoms with Gasteiger partial charge in [-0.2, -0.15) is 0 Å². The van der Waals surface area contributed by atoms with Gasteiger partial charge in [-0.1, -0.05) is 6.07 Å². The van der Waals surface area contributed by atoms with E-state index in [9.17, 15) is 23.6 Å². The van der Waals surface area contributed by atoms with E-state index in [0.29, 0.717) is 5.56 Å². The Balaban J connectivity index is 2.25. The second-order valence-electron chi connectivity index (χ2n) is 5.48. The highest BCUT2D eigenvalue weighted by Gasteiger charge is 2.37. The Hall–Kier alpha value is -2.97. The van der Waals surface area contributed by atoms with E-state index in [-0.39, 0.29) is 25.3 Å². The number of rotatable bonds is 6. The van der Waals surface area contributed by atoms with Gasteiger partial charge < -0.3 is 20.1 Å². The SMILES string of the molecule is CCOC(=O)C(NC(=O)[C@H]1CC(=O)Nc2cc(F)ccc21)C(=O)OCC. The van der Waals surface area contributed by atoms with Crippen molar-refractivity contribution in [2.45, 2.75) is 32.2 Å². The molecule has 1 atom stereocenters. The predicted molar refractivity (Wildman–Crippen MR) is 87.6 cm³/mol. The molecular formula is C17H19FN2O6. The van der Waals surface area contributed by atoms with Crippen molar-refractivity contribution in [1.82, 2.24) is 5.32 Å². The number of halogens is 1. The lowest BCUT2D eigenvalue weighted by molar-refractivity contribution is -0.159. The molecule has 0 spiro atoms. The summed E-state index contributed by atoms with van der Waals surface area (Å²) < 4.78 is 22.9. The van der Waals surface area contributed by atoms with Crippen LogP contribution in [0.15, 0.2) is 18.2 Å². The minimum absolute atomic E-state index is 0.0125. The van der Waals surface area contributed by atoms with Crippen molar-refractivity contribution in [2.24, 2.45) is 0 Å². The fourth-order valence-corrected chi connectivity index (χ4v) is 2.58. The molecule has 26 heavy (non-hydrogen) atoms. The molecule has 1 aliphatic rings. The molecule has 0 unspecified atom stereocenters. The lowest BCUT2D eigenvalue weighted by Crippen LogP contribution is -2.50. The number of benzene rings is 1. The second-order valence-corrected chi connectivity index (χ2v) is 5.48. The third-order valence-corrected chi connectivity index (χ3v) is 3.70. The topological polar surface area (TPSA) is 111 Å². The third kappa shape index (κ3) is 4.35. The number of carbonyl (C=O) groups excluding carboxylic acids is 4. The molecule has 9 heteroatoms. The van der Waals surface area contributed by atoms with E-state index in [4.69, 9.17) is 9.47 Å². The smallest absolute Gasteiger partial charge is 0.340 e. The number of nitrogens with one attached hydrogen (secondary N) is 2. The molecular weight excluding hydrogens is 347 g/mol. The van der Waals surface area contributed by atoms with Gasteiger partial charge in [-0.3, -0.25) is 9.59 Å². The lowest BCUT2D eigenvalue weighted by atomic mass is 9.89. The first-order valence-electron chi connectivity index (χ1n) is 8.10. The first-order valence-corrected chi connectivity index (χ1v) is 8.10. The number of ether oxygens (including phenoxy) is 2. The van der Waals surface area contributed by atoms with Crippen LogP contribution in [0.3, 0.4) is 0 Å². The molecule has 0 aromatic heterocycles. The maximum atomic E-state index is 13.4. The summed E-state index contributed by atoms with van der Waals surface area (Å²) in [4.78, 5) is 48.4. The standard InChI is InChI=1S/C17H19FN2O6/c1-3-25-16(23)14(17(24)26-4-2)20-15(22)11-8-13(21)19-12-7-9(18)5-6-10(11)12/h5-7,11,14H,3-4,8H2,1-2H3,(H,19,21)(H,20,22)/t11-/m0/s1. The molecule has 0 fully saturated rings. The van der Waals surface area contributed by atoms with Crippen LogP contribution in [0.4, 0.5) is 10.1 Å². The van der Waals surface area contributed by atoms with Gasteiger partial charge in [0.15, 0.2) is 0 Å². The summed E-state index contributed by atoms with van der Waals surface area (Å²) in [6, 6.07) is 1.99. The fraction of sp³-hybridized carbons (Fsp3) is 0.412. The summed E-state index contributed by atoms with van der Waals surface area (Å²) in [7, 11) is 0. The summed E-state index contributed by atoms with van der Waals surface area (Å²) in [5.41, 5.74) is 0.556. The first kappa shape index (κ1) is 19.4. The molecule has 1 heterocycles. The highest BCUT2D eigenvalue weighted by Crippen LogP contribution is 2.32. The molecule has 2 amide bonds. The summed E-state index contributed by atoms with van der Waals surface area (Å²) in [6.45, 7) is 3.13. The van der Waals surface area contributed by atoms with Crippen molar-refractivity contribution in [3.05, 3.63) is 29.6 Å². The van der Waals surface area contributed by atoms with Crippen LogP contribution in [0.25, 0.3) is 0 Å². The Morgan fingerprint density at radius 1 is 1.23 bits per heavy atom. The molecule has 140 valence electrons. The number of anilines is 1. The minimum atomic E-state index is -1.64. The molecule has 2 rings (SSSR count). The molecule has 0 saturated carbocycles. The van der Waals surface area contributed by atoms with Crippen molar-refractivity contribution in [3.8, 4) is 0 Å². The van der Waals surface area contributed by atoms with Crippen LogP contribution >= 0.6 is 0 Å². The van der Waals surface area contributed by atoms with E-state index in [1.165, 1.54) is 6.07 Å². The maximum absolute atomic E-state index is 13.4. The van der Waals surface area contributed by atoms with Gasteiger partial charge in [-0.05, 0) is 31.5 Å². The van der Waals surface area contributed by atoms with Crippen LogP contribution in [0, 0.1) is 5.82 Å².